The molecule has 3 aromatic carbocycles. The molecule has 1 aliphatic heterocycles. The highest BCUT2D eigenvalue weighted by molar-refractivity contribution is 5.90. The number of hydrogen-bond donors (Lipinski definition) is 1. The summed E-state index contributed by atoms with van der Waals surface area (Å²) in [7, 11) is 0. The zero-order valence-corrected chi connectivity index (χ0v) is 21.2. The van der Waals surface area contributed by atoms with E-state index in [1.165, 1.54) is 29.2 Å². The van der Waals surface area contributed by atoms with Gasteiger partial charge >= 0.3 is 12.2 Å². The summed E-state index contributed by atoms with van der Waals surface area (Å²) in [5.41, 5.74) is 2.78. The number of fused-ring (bicyclic) bond motifs is 3. The second-order valence-electron chi connectivity index (χ2n) is 9.53. The summed E-state index contributed by atoms with van der Waals surface area (Å²) in [6.45, 7) is 1.95. The summed E-state index contributed by atoms with van der Waals surface area (Å²) >= 11 is 0. The van der Waals surface area contributed by atoms with Crippen LogP contribution in [0.2, 0.25) is 0 Å². The van der Waals surface area contributed by atoms with Crippen molar-refractivity contribution < 1.29 is 22.4 Å². The molecule has 40 heavy (non-hydrogen) atoms. The molecule has 1 unspecified atom stereocenters. The number of aromatic nitrogens is 3. The van der Waals surface area contributed by atoms with Gasteiger partial charge in [0, 0.05) is 17.4 Å². The first-order chi connectivity index (χ1) is 19.2. The van der Waals surface area contributed by atoms with Crippen molar-refractivity contribution in [3.8, 4) is 11.5 Å². The molecule has 0 bridgehead atoms. The Morgan fingerprint density at radius 2 is 1.70 bits per heavy atom. The molecule has 3 heterocycles. The number of urea groups is 1. The third kappa shape index (κ3) is 4.51. The molecule has 0 radical (unpaired) electrons. The van der Waals surface area contributed by atoms with Crippen LogP contribution in [0.3, 0.4) is 0 Å². The van der Waals surface area contributed by atoms with Crippen molar-refractivity contribution in [1.29, 1.82) is 0 Å². The van der Waals surface area contributed by atoms with E-state index in [-0.39, 0.29) is 12.2 Å². The number of alkyl halides is 3. The lowest BCUT2D eigenvalue weighted by molar-refractivity contribution is -0.137. The highest BCUT2D eigenvalue weighted by atomic mass is 19.4. The van der Waals surface area contributed by atoms with Crippen LogP contribution in [0.5, 0.6) is 0 Å². The molecular weight excluding hydrogens is 522 g/mol. The van der Waals surface area contributed by atoms with Crippen LogP contribution in [0.1, 0.15) is 34.1 Å². The van der Waals surface area contributed by atoms with E-state index < -0.39 is 29.6 Å². The minimum absolute atomic E-state index is 0.00855. The van der Waals surface area contributed by atoms with E-state index in [1.807, 2.05) is 64.8 Å². The third-order valence-electron chi connectivity index (χ3n) is 6.97. The van der Waals surface area contributed by atoms with Crippen LogP contribution in [0, 0.1) is 12.7 Å². The Bertz CT molecular complexity index is 1690. The minimum Gasteiger partial charge on any atom is -0.308 e. The molecule has 0 spiro atoms. The Morgan fingerprint density at radius 1 is 0.950 bits per heavy atom. The molecule has 1 atom stereocenters. The second kappa shape index (κ2) is 9.71. The number of hydrogen-bond acceptors (Lipinski definition) is 2. The van der Waals surface area contributed by atoms with Crippen molar-refractivity contribution in [3.63, 3.8) is 0 Å². The number of nitrogens with one attached hydrogen (secondary N) is 1. The number of anilines is 1. The summed E-state index contributed by atoms with van der Waals surface area (Å²) < 4.78 is 57.7. The molecule has 1 N–H and O–H groups in total. The summed E-state index contributed by atoms with van der Waals surface area (Å²) in [6.07, 6.45) is -2.68. The van der Waals surface area contributed by atoms with E-state index in [2.05, 4.69) is 5.32 Å². The van der Waals surface area contributed by atoms with Gasteiger partial charge in [0.25, 0.3) is 0 Å². The molecule has 0 fully saturated rings. The fourth-order valence-corrected chi connectivity index (χ4v) is 5.11. The van der Waals surface area contributed by atoms with Gasteiger partial charge < -0.3 is 14.8 Å². The van der Waals surface area contributed by atoms with Crippen LogP contribution >= 0.6 is 0 Å². The SMILES string of the molecule is Cc1nn(-c2ccccc2)c2c1CN(C(=O)Nc1cccc(C(F)(F)F)c1)C(c1ccc(F)cc1)c1cccn1-2. The fourth-order valence-electron chi connectivity index (χ4n) is 5.11. The average molecular weight is 546 g/mol. The average Bonchev–Trinajstić information content (AvgIpc) is 3.50. The van der Waals surface area contributed by atoms with Gasteiger partial charge in [0.2, 0.25) is 0 Å². The molecule has 2 amide bonds. The maximum absolute atomic E-state index is 13.9. The first-order valence-electron chi connectivity index (χ1n) is 12.5. The first-order valence-corrected chi connectivity index (χ1v) is 12.5. The maximum Gasteiger partial charge on any atom is 0.416 e. The lowest BCUT2D eigenvalue weighted by Crippen LogP contribution is -2.38. The molecule has 0 saturated heterocycles. The number of amides is 2. The number of carbonyl (C=O) groups is 1. The van der Waals surface area contributed by atoms with Crippen LogP contribution in [0.25, 0.3) is 11.5 Å². The molecule has 0 aliphatic carbocycles. The van der Waals surface area contributed by atoms with Gasteiger partial charge in [-0.1, -0.05) is 36.4 Å². The molecular formula is C30H23F4N5O. The van der Waals surface area contributed by atoms with Gasteiger partial charge in [0.1, 0.15) is 11.6 Å². The lowest BCUT2D eigenvalue weighted by Gasteiger charge is -2.31. The number of rotatable bonds is 3. The Morgan fingerprint density at radius 3 is 2.42 bits per heavy atom. The topological polar surface area (TPSA) is 55.1 Å². The zero-order valence-electron chi connectivity index (χ0n) is 21.2. The predicted molar refractivity (Wildman–Crippen MR) is 142 cm³/mol. The zero-order chi connectivity index (χ0) is 28.0. The van der Waals surface area contributed by atoms with Gasteiger partial charge in [-0.15, -0.1) is 0 Å². The van der Waals surface area contributed by atoms with Crippen LogP contribution in [-0.2, 0) is 12.7 Å². The molecule has 5 aromatic rings. The van der Waals surface area contributed by atoms with Crippen molar-refractivity contribution in [2.24, 2.45) is 0 Å². The fraction of sp³-hybridized carbons (Fsp3) is 0.133. The Kier molecular flexibility index (Phi) is 6.17. The number of benzene rings is 3. The van der Waals surface area contributed by atoms with E-state index in [1.54, 1.807) is 12.1 Å². The Labute approximate surface area is 227 Å². The van der Waals surface area contributed by atoms with Crippen molar-refractivity contribution >= 4 is 11.7 Å². The van der Waals surface area contributed by atoms with Gasteiger partial charge in [0.15, 0.2) is 0 Å². The number of nitrogens with zero attached hydrogens (tertiary/aromatic N) is 4. The van der Waals surface area contributed by atoms with E-state index in [4.69, 9.17) is 5.10 Å². The van der Waals surface area contributed by atoms with Gasteiger partial charge in [0.05, 0.1) is 35.2 Å². The van der Waals surface area contributed by atoms with Crippen molar-refractivity contribution in [3.05, 3.63) is 131 Å². The lowest BCUT2D eigenvalue weighted by atomic mass is 10.0. The predicted octanol–water partition coefficient (Wildman–Crippen LogP) is 7.27. The normalized spacial score (nSPS) is 14.8. The minimum atomic E-state index is -4.56. The van der Waals surface area contributed by atoms with Crippen LogP contribution in [0.15, 0.2) is 97.2 Å². The van der Waals surface area contributed by atoms with Crippen LogP contribution < -0.4 is 5.32 Å². The largest absolute Gasteiger partial charge is 0.416 e. The van der Waals surface area contributed by atoms with E-state index in [9.17, 15) is 22.4 Å². The smallest absolute Gasteiger partial charge is 0.308 e. The standard InChI is InChI=1S/C30H23F4N5O/c1-19-25-18-38(29(40)35-23-8-5-7-21(17-23)30(32,33)34)27(20-12-14-22(31)15-13-20)26-11-6-16-37(26)28(25)39(36-19)24-9-3-2-4-10-24/h2-17,27H,18H2,1H3,(H,35,40). The van der Waals surface area contributed by atoms with Crippen molar-refractivity contribution in [2.45, 2.75) is 25.7 Å². The maximum atomic E-state index is 13.9. The molecule has 202 valence electrons. The number of carbonyl (C=O) groups excluding carboxylic acids is 1. The molecule has 0 saturated carbocycles. The van der Waals surface area contributed by atoms with Crippen LogP contribution in [-0.4, -0.2) is 25.3 Å². The highest BCUT2D eigenvalue weighted by Crippen LogP contribution is 2.39. The van der Waals surface area contributed by atoms with Crippen LogP contribution in [0.4, 0.5) is 28.0 Å². The Balaban J connectivity index is 1.50. The molecule has 1 aliphatic rings. The summed E-state index contributed by atoms with van der Waals surface area (Å²) in [5, 5.41) is 7.42. The first kappa shape index (κ1) is 25.4. The summed E-state index contributed by atoms with van der Waals surface area (Å²) in [6, 6.07) is 22.3. The van der Waals surface area contributed by atoms with Crippen molar-refractivity contribution in [2.75, 3.05) is 5.32 Å². The monoisotopic (exact) mass is 545 g/mol. The van der Waals surface area contributed by atoms with Crippen molar-refractivity contribution in [1.82, 2.24) is 19.2 Å². The second-order valence-corrected chi connectivity index (χ2v) is 9.53. The van der Waals surface area contributed by atoms with Gasteiger partial charge in [-0.05, 0) is 67.1 Å². The van der Waals surface area contributed by atoms with Gasteiger partial charge in [-0.3, -0.25) is 0 Å². The molecule has 6 nitrogen and oxygen atoms in total. The molecule has 10 heteroatoms. The summed E-state index contributed by atoms with van der Waals surface area (Å²) in [4.78, 5) is 15.4. The highest BCUT2D eigenvalue weighted by Gasteiger charge is 2.36. The number of para-hydroxylation sites is 1. The van der Waals surface area contributed by atoms with E-state index in [0.717, 1.165) is 29.2 Å². The van der Waals surface area contributed by atoms with E-state index >= 15 is 0 Å². The van der Waals surface area contributed by atoms with E-state index in [0.29, 0.717) is 17.0 Å². The third-order valence-corrected chi connectivity index (χ3v) is 6.97. The Hall–Kier alpha value is -4.86. The van der Waals surface area contributed by atoms with Gasteiger partial charge in [-0.2, -0.15) is 18.3 Å². The number of halogens is 4. The van der Waals surface area contributed by atoms with Gasteiger partial charge in [-0.25, -0.2) is 13.9 Å². The summed E-state index contributed by atoms with van der Waals surface area (Å²) in [5.74, 6) is 0.316. The molecule has 6 rings (SSSR count). The number of aryl methyl sites for hydroxylation is 1. The quantitative estimate of drug-likeness (QED) is 0.243. The molecule has 2 aromatic heterocycles.